The summed E-state index contributed by atoms with van der Waals surface area (Å²) in [6, 6.07) is 9.04. The molecule has 7 atom stereocenters. The Kier molecular flexibility index (Phi) is 7.95. The molecule has 0 aliphatic carbocycles. The number of benzene rings is 1. The van der Waals surface area contributed by atoms with E-state index in [9.17, 15) is 25.2 Å². The van der Waals surface area contributed by atoms with Crippen LogP contribution in [0.1, 0.15) is 12.0 Å². The van der Waals surface area contributed by atoms with Gasteiger partial charge in [0.25, 0.3) is 0 Å². The Hall–Kier alpha value is -3.37. The van der Waals surface area contributed by atoms with Gasteiger partial charge in [0, 0.05) is 43.6 Å². The second-order valence-corrected chi connectivity index (χ2v) is 9.70. The smallest absolute Gasteiger partial charge is 0.335 e. The van der Waals surface area contributed by atoms with E-state index in [1.807, 2.05) is 36.5 Å². The fourth-order valence-corrected chi connectivity index (χ4v) is 4.94. The van der Waals surface area contributed by atoms with Crippen LogP contribution < -0.4 is 15.8 Å². The number of nitrogens with one attached hydrogen (secondary N) is 1. The number of anilines is 2. The Morgan fingerprint density at radius 3 is 2.82 bits per heavy atom. The third kappa shape index (κ3) is 5.67. The molecular weight excluding hydrogens is 512 g/mol. The van der Waals surface area contributed by atoms with Gasteiger partial charge in [-0.1, -0.05) is 6.07 Å². The molecule has 0 radical (unpaired) electrons. The number of aliphatic carboxylic acids is 1. The van der Waals surface area contributed by atoms with Gasteiger partial charge in [-0.05, 0) is 30.2 Å². The van der Waals surface area contributed by atoms with Gasteiger partial charge in [-0.3, -0.25) is 4.90 Å². The number of hydrogen-bond acceptors (Lipinski definition) is 12. The number of aromatic nitrogens is 3. The van der Waals surface area contributed by atoms with Crippen molar-refractivity contribution in [3.63, 3.8) is 0 Å². The number of piperidine rings is 1. The first-order chi connectivity index (χ1) is 18.7. The third-order valence-electron chi connectivity index (χ3n) is 7.08. The first-order valence-corrected chi connectivity index (χ1v) is 12.5. The van der Waals surface area contributed by atoms with Crippen molar-refractivity contribution in [3.8, 4) is 5.75 Å². The number of nitrogens with zero attached hydrogens (tertiary/aromatic N) is 4. The molecule has 0 bridgehead atoms. The fourth-order valence-electron chi connectivity index (χ4n) is 4.94. The number of ether oxygens (including phenoxy) is 3. The average Bonchev–Trinajstić information content (AvgIpc) is 3.34. The van der Waals surface area contributed by atoms with Crippen LogP contribution in [0, 0.1) is 0 Å². The number of nitrogens with two attached hydrogens (primary N) is 1. The number of carboxylic acids is 1. The van der Waals surface area contributed by atoms with E-state index in [1.54, 1.807) is 11.6 Å². The molecule has 2 fully saturated rings. The van der Waals surface area contributed by atoms with Crippen LogP contribution in [0.25, 0.3) is 5.52 Å². The van der Waals surface area contributed by atoms with Crippen LogP contribution in [-0.2, 0) is 20.8 Å². The van der Waals surface area contributed by atoms with E-state index < -0.39 is 48.8 Å². The summed E-state index contributed by atoms with van der Waals surface area (Å²) in [5, 5.41) is 47.4. The van der Waals surface area contributed by atoms with E-state index in [-0.39, 0.29) is 0 Å². The molecule has 210 valence electrons. The lowest BCUT2D eigenvalue weighted by Crippen LogP contribution is -2.62. The van der Waals surface area contributed by atoms with Crippen LogP contribution in [0.4, 0.5) is 11.5 Å². The molecule has 0 spiro atoms. The van der Waals surface area contributed by atoms with Gasteiger partial charge in [0.05, 0.1) is 13.2 Å². The number of hydrogen-bond donors (Lipinski definition) is 6. The highest BCUT2D eigenvalue weighted by molar-refractivity contribution is 5.76. The molecule has 2 saturated heterocycles. The van der Waals surface area contributed by atoms with Crippen molar-refractivity contribution in [2.24, 2.45) is 5.73 Å². The van der Waals surface area contributed by atoms with Crippen molar-refractivity contribution >= 4 is 23.0 Å². The van der Waals surface area contributed by atoms with Crippen molar-refractivity contribution in [1.82, 2.24) is 19.5 Å². The minimum atomic E-state index is -1.79. The number of aliphatic hydroxyl groups excluding tert-OH is 3. The van der Waals surface area contributed by atoms with E-state index >= 15 is 0 Å². The van der Waals surface area contributed by atoms with E-state index in [2.05, 4.69) is 20.3 Å². The van der Waals surface area contributed by atoms with Crippen LogP contribution in [-0.4, -0.2) is 109 Å². The van der Waals surface area contributed by atoms with Gasteiger partial charge in [0.15, 0.2) is 18.2 Å². The number of fused-ring (bicyclic) bond motifs is 1. The van der Waals surface area contributed by atoms with Gasteiger partial charge in [-0.15, -0.1) is 0 Å². The molecular formula is C25H32N6O8. The van der Waals surface area contributed by atoms with Crippen LogP contribution in [0.15, 0.2) is 42.9 Å². The van der Waals surface area contributed by atoms with Crippen molar-refractivity contribution in [2.75, 3.05) is 25.5 Å². The second kappa shape index (κ2) is 11.4. The number of rotatable bonds is 8. The van der Waals surface area contributed by atoms with E-state index in [0.29, 0.717) is 37.6 Å². The lowest BCUT2D eigenvalue weighted by atomic mass is 9.98. The number of carboxylic acid groups (broad SMARTS) is 1. The summed E-state index contributed by atoms with van der Waals surface area (Å²) in [6.45, 7) is 1.53. The number of methoxy groups -OCH3 is 1. The summed E-state index contributed by atoms with van der Waals surface area (Å²) in [5.41, 5.74) is 8.84. The minimum absolute atomic E-state index is 0.355. The fraction of sp³-hybridized carbons (Fsp3) is 0.480. The monoisotopic (exact) mass is 544 g/mol. The quantitative estimate of drug-likeness (QED) is 0.208. The summed E-state index contributed by atoms with van der Waals surface area (Å²) in [7, 11) is 1.60. The maximum absolute atomic E-state index is 11.4. The lowest BCUT2D eigenvalue weighted by Gasteiger charge is -2.43. The maximum atomic E-state index is 11.4. The standard InChI is InChI=1S/C25H32N6O8/c1-37-15-4-2-3-14(9-15)29-23-18-13(5-8-31(18)28-12-27-23)10-30-7-6-16(26)17(11-30)38-25-21(34)19(32)20(33)22(39-25)24(35)36/h2-5,8-9,12,16-17,19-22,25,32-34H,6-7,10-11,26H2,1H3,(H,35,36)(H,27,28,29)/t16-,17-,19+,20+,21-,22+,25-/m1/s1. The van der Waals surface area contributed by atoms with Gasteiger partial charge in [-0.2, -0.15) is 5.10 Å². The number of likely N-dealkylation sites (tertiary alicyclic amines) is 1. The molecule has 2 aliphatic rings. The van der Waals surface area contributed by atoms with Crippen LogP contribution in [0.2, 0.25) is 0 Å². The highest BCUT2D eigenvalue weighted by Crippen LogP contribution is 2.28. The van der Waals surface area contributed by atoms with Gasteiger partial charge in [0.2, 0.25) is 0 Å². The van der Waals surface area contributed by atoms with Gasteiger partial charge < -0.3 is 45.7 Å². The SMILES string of the molecule is COc1cccc(Nc2ncnn3ccc(CN4CC[C@@H](N)[C@H](O[C@@H]5O[C@H](C(=O)O)[C@@H](O)[C@H](O)[C@H]5O)C4)c23)c1. The van der Waals surface area contributed by atoms with Crippen molar-refractivity contribution in [3.05, 3.63) is 48.4 Å². The predicted octanol–water partition coefficient (Wildman–Crippen LogP) is -0.708. The zero-order valence-corrected chi connectivity index (χ0v) is 21.2. The van der Waals surface area contributed by atoms with Gasteiger partial charge in [-0.25, -0.2) is 14.3 Å². The highest BCUT2D eigenvalue weighted by atomic mass is 16.7. The van der Waals surface area contributed by atoms with Gasteiger partial charge >= 0.3 is 5.97 Å². The van der Waals surface area contributed by atoms with Gasteiger partial charge in [0.1, 0.15) is 35.9 Å². The van der Waals surface area contributed by atoms with E-state index in [1.165, 1.54) is 6.33 Å². The topological polar surface area (TPSA) is 197 Å². The molecule has 4 heterocycles. The minimum Gasteiger partial charge on any atom is -0.497 e. The van der Waals surface area contributed by atoms with E-state index in [4.69, 9.17) is 19.9 Å². The molecule has 0 amide bonds. The van der Waals surface area contributed by atoms with Crippen molar-refractivity contribution < 1.29 is 39.4 Å². The second-order valence-electron chi connectivity index (χ2n) is 9.70. The summed E-state index contributed by atoms with van der Waals surface area (Å²) in [4.78, 5) is 18.0. The van der Waals surface area contributed by atoms with E-state index in [0.717, 1.165) is 16.8 Å². The first kappa shape index (κ1) is 27.2. The molecule has 7 N–H and O–H groups in total. The first-order valence-electron chi connectivity index (χ1n) is 12.5. The van der Waals surface area contributed by atoms with Crippen molar-refractivity contribution in [2.45, 2.75) is 55.8 Å². The molecule has 1 aromatic carbocycles. The summed E-state index contributed by atoms with van der Waals surface area (Å²) >= 11 is 0. The number of carbonyl (C=O) groups is 1. The molecule has 2 aliphatic heterocycles. The zero-order chi connectivity index (χ0) is 27.7. The lowest BCUT2D eigenvalue weighted by molar-refractivity contribution is -0.307. The van der Waals surface area contributed by atoms with Crippen LogP contribution in [0.5, 0.6) is 5.75 Å². The summed E-state index contributed by atoms with van der Waals surface area (Å²) in [6.07, 6.45) is -5.14. The Morgan fingerprint density at radius 1 is 1.23 bits per heavy atom. The molecule has 2 aromatic heterocycles. The summed E-state index contributed by atoms with van der Waals surface area (Å²) in [5.74, 6) is -0.149. The third-order valence-corrected chi connectivity index (χ3v) is 7.08. The Labute approximate surface area is 223 Å². The van der Waals surface area contributed by atoms with Crippen LogP contribution in [0.3, 0.4) is 0 Å². The molecule has 0 saturated carbocycles. The molecule has 14 nitrogen and oxygen atoms in total. The Balaban J connectivity index is 1.31. The largest absolute Gasteiger partial charge is 0.497 e. The normalized spacial score (nSPS) is 29.8. The average molecular weight is 545 g/mol. The predicted molar refractivity (Wildman–Crippen MR) is 136 cm³/mol. The highest BCUT2D eigenvalue weighted by Gasteiger charge is 2.48. The maximum Gasteiger partial charge on any atom is 0.335 e. The molecule has 3 aromatic rings. The van der Waals surface area contributed by atoms with Crippen LogP contribution >= 0.6 is 0 Å². The zero-order valence-electron chi connectivity index (χ0n) is 21.2. The molecule has 14 heteroatoms. The van der Waals surface area contributed by atoms with Crippen molar-refractivity contribution in [1.29, 1.82) is 0 Å². The summed E-state index contributed by atoms with van der Waals surface area (Å²) < 4.78 is 18.2. The Morgan fingerprint density at radius 2 is 2.05 bits per heavy atom. The number of aliphatic hydroxyl groups is 3. The Bertz CT molecular complexity index is 1310. The molecule has 39 heavy (non-hydrogen) atoms. The molecule has 0 unspecified atom stereocenters. The molecule has 5 rings (SSSR count).